The van der Waals surface area contributed by atoms with Gasteiger partial charge in [0.05, 0.1) is 0 Å². The zero-order chi connectivity index (χ0) is 15.4. The van der Waals surface area contributed by atoms with E-state index in [9.17, 15) is 0 Å². The summed E-state index contributed by atoms with van der Waals surface area (Å²) in [6.45, 7) is 17.2. The van der Waals surface area contributed by atoms with Crippen molar-refractivity contribution in [1.82, 2.24) is 0 Å². The summed E-state index contributed by atoms with van der Waals surface area (Å²) < 4.78 is 0. The molecule has 116 valence electrons. The van der Waals surface area contributed by atoms with Crippen LogP contribution in [0.5, 0.6) is 0 Å². The van der Waals surface area contributed by atoms with E-state index in [1.807, 2.05) is 0 Å². The number of hydrogen-bond donors (Lipinski definition) is 0. The van der Waals surface area contributed by atoms with Gasteiger partial charge in [-0.2, -0.15) is 0 Å². The third-order valence-corrected chi connectivity index (χ3v) is 4.22. The van der Waals surface area contributed by atoms with E-state index in [1.165, 1.54) is 44.5 Å². The summed E-state index contributed by atoms with van der Waals surface area (Å²) in [7, 11) is 0. The van der Waals surface area contributed by atoms with Crippen LogP contribution in [0.2, 0.25) is 0 Å². The van der Waals surface area contributed by atoms with E-state index in [4.69, 9.17) is 0 Å². The number of hydrogen-bond acceptors (Lipinski definition) is 0. The van der Waals surface area contributed by atoms with Crippen LogP contribution in [0.3, 0.4) is 0 Å². The second-order valence-corrected chi connectivity index (χ2v) is 6.04. The quantitative estimate of drug-likeness (QED) is 0.534. The van der Waals surface area contributed by atoms with Gasteiger partial charge in [-0.3, -0.25) is 0 Å². The Labute approximate surface area is 141 Å². The molecule has 0 spiro atoms. The van der Waals surface area contributed by atoms with Crippen LogP contribution in [-0.4, -0.2) is 0 Å². The Morgan fingerprint density at radius 2 is 0.429 bits per heavy atom. The summed E-state index contributed by atoms with van der Waals surface area (Å²) in [6, 6.07) is 8.96. The predicted molar refractivity (Wildman–Crippen MR) is 90.8 cm³/mol. The van der Waals surface area contributed by atoms with Crippen LogP contribution < -0.4 is 0 Å². The molecule has 0 amide bonds. The molecule has 0 radical (unpaired) electrons. The fourth-order valence-corrected chi connectivity index (χ4v) is 2.21. The Hall–Kier alpha value is -1.04. The zero-order valence-electron chi connectivity index (χ0n) is 14.7. The maximum atomic E-state index is 2.24. The molecule has 0 aromatic heterocycles. The second kappa shape index (κ2) is 8.41. The van der Waals surface area contributed by atoms with Crippen LogP contribution in [0.1, 0.15) is 44.5 Å². The molecule has 2 aromatic carbocycles. The van der Waals surface area contributed by atoms with Gasteiger partial charge in [0.25, 0.3) is 0 Å². The molecule has 0 nitrogen and oxygen atoms in total. The first-order valence-electron chi connectivity index (χ1n) is 7.31. The molecule has 0 aliphatic rings. The van der Waals surface area contributed by atoms with Crippen molar-refractivity contribution >= 4 is 0 Å². The minimum atomic E-state index is 0. The molecular weight excluding hydrogens is 296 g/mol. The number of benzene rings is 2. The van der Waals surface area contributed by atoms with Gasteiger partial charge in [-0.25, -0.2) is 0 Å². The van der Waals surface area contributed by atoms with Gasteiger partial charge in [-0.1, -0.05) is 24.3 Å². The topological polar surface area (TPSA) is 0 Å². The summed E-state index contributed by atoms with van der Waals surface area (Å²) in [5.41, 5.74) is 11.1. The van der Waals surface area contributed by atoms with E-state index in [0.717, 1.165) is 0 Å². The Morgan fingerprint density at radius 1 is 0.333 bits per heavy atom. The molecule has 1 heteroatoms. The minimum absolute atomic E-state index is 0. The fourth-order valence-electron chi connectivity index (χ4n) is 2.21. The Morgan fingerprint density at radius 3 is 0.524 bits per heavy atom. The summed E-state index contributed by atoms with van der Waals surface area (Å²) in [4.78, 5) is 0. The van der Waals surface area contributed by atoms with Crippen LogP contribution in [0.25, 0.3) is 0 Å². The molecule has 0 aliphatic heterocycles. The molecule has 0 N–H and O–H groups in total. The normalized spacial score (nSPS) is 9.52. The first-order chi connectivity index (χ1) is 9.22. The monoisotopic (exact) mass is 324 g/mol. The van der Waals surface area contributed by atoms with Crippen molar-refractivity contribution in [2.45, 2.75) is 55.4 Å². The predicted octanol–water partition coefficient (Wildman–Crippen LogP) is 5.84. The summed E-state index contributed by atoms with van der Waals surface area (Å²) in [5.74, 6) is 0. The molecule has 0 heterocycles. The van der Waals surface area contributed by atoms with Crippen molar-refractivity contribution in [3.8, 4) is 0 Å². The molecule has 0 atom stereocenters. The summed E-state index contributed by atoms with van der Waals surface area (Å²) in [6.07, 6.45) is 0. The van der Waals surface area contributed by atoms with Crippen molar-refractivity contribution < 1.29 is 17.1 Å². The molecule has 0 saturated heterocycles. The van der Waals surface area contributed by atoms with Gasteiger partial charge in [0.1, 0.15) is 0 Å². The van der Waals surface area contributed by atoms with Crippen LogP contribution >= 0.6 is 0 Å². The minimum Gasteiger partial charge on any atom is -0.0559 e. The summed E-state index contributed by atoms with van der Waals surface area (Å²) in [5, 5.41) is 0. The van der Waals surface area contributed by atoms with Gasteiger partial charge in [-0.15, -0.1) is 0 Å². The van der Waals surface area contributed by atoms with Crippen LogP contribution in [0.4, 0.5) is 0 Å². The first-order valence-corrected chi connectivity index (χ1v) is 7.31. The van der Waals surface area contributed by atoms with Crippen LogP contribution in [-0.2, 0) is 17.1 Å². The van der Waals surface area contributed by atoms with Gasteiger partial charge in [0.2, 0.25) is 0 Å². The van der Waals surface area contributed by atoms with Gasteiger partial charge in [0, 0.05) is 17.1 Å². The maximum Gasteiger partial charge on any atom is 0 e. The molecule has 0 fully saturated rings. The van der Waals surface area contributed by atoms with E-state index in [2.05, 4.69) is 79.7 Å². The molecular formula is C20H28Fe. The van der Waals surface area contributed by atoms with E-state index in [0.29, 0.717) is 0 Å². The molecule has 0 saturated carbocycles. The molecule has 2 rings (SSSR count). The standard InChI is InChI=1S/2C10H14.Fe/c2*1-7-5-9(3)10(4)6-8(7)2;/h2*5-6H,1-4H3;. The Kier molecular flexibility index (Phi) is 8.00. The molecule has 0 aliphatic carbocycles. The smallest absolute Gasteiger partial charge is 0 e. The van der Waals surface area contributed by atoms with Gasteiger partial charge in [-0.05, 0) is 99.9 Å². The number of aryl methyl sites for hydroxylation is 8. The van der Waals surface area contributed by atoms with E-state index < -0.39 is 0 Å². The van der Waals surface area contributed by atoms with E-state index >= 15 is 0 Å². The Bertz CT molecular complexity index is 454. The van der Waals surface area contributed by atoms with Gasteiger partial charge >= 0.3 is 0 Å². The third-order valence-electron chi connectivity index (χ3n) is 4.22. The van der Waals surface area contributed by atoms with Gasteiger partial charge in [0.15, 0.2) is 0 Å². The van der Waals surface area contributed by atoms with Crippen molar-refractivity contribution in [3.05, 3.63) is 68.8 Å². The van der Waals surface area contributed by atoms with Gasteiger partial charge < -0.3 is 0 Å². The van der Waals surface area contributed by atoms with Crippen molar-refractivity contribution in [2.75, 3.05) is 0 Å². The SMILES string of the molecule is Cc1cc(C)c(C)cc1C.Cc1cc(C)c(C)cc1C.[Fe]. The maximum absolute atomic E-state index is 2.24. The van der Waals surface area contributed by atoms with Crippen LogP contribution in [0, 0.1) is 55.4 Å². The van der Waals surface area contributed by atoms with Crippen molar-refractivity contribution in [1.29, 1.82) is 0 Å². The second-order valence-electron chi connectivity index (χ2n) is 6.04. The first kappa shape index (κ1) is 20.0. The zero-order valence-corrected chi connectivity index (χ0v) is 15.8. The fraction of sp³-hybridized carbons (Fsp3) is 0.400. The molecule has 21 heavy (non-hydrogen) atoms. The van der Waals surface area contributed by atoms with Crippen LogP contribution in [0.15, 0.2) is 24.3 Å². The largest absolute Gasteiger partial charge is 0.0559 e. The summed E-state index contributed by atoms with van der Waals surface area (Å²) >= 11 is 0. The molecule has 2 aromatic rings. The van der Waals surface area contributed by atoms with E-state index in [1.54, 1.807) is 0 Å². The molecule has 0 bridgehead atoms. The molecule has 0 unspecified atom stereocenters. The number of rotatable bonds is 0. The average molecular weight is 324 g/mol. The van der Waals surface area contributed by atoms with Crippen molar-refractivity contribution in [2.24, 2.45) is 0 Å². The van der Waals surface area contributed by atoms with E-state index in [-0.39, 0.29) is 17.1 Å². The Balaban J connectivity index is 0.000000364. The van der Waals surface area contributed by atoms with Crippen molar-refractivity contribution in [3.63, 3.8) is 0 Å². The third kappa shape index (κ3) is 5.69. The average Bonchev–Trinajstić information content (AvgIpc) is 2.35.